The van der Waals surface area contributed by atoms with Crippen LogP contribution < -0.4 is 10.1 Å². The average molecular weight is 370 g/mol. The summed E-state index contributed by atoms with van der Waals surface area (Å²) in [5, 5.41) is 2.94. The second kappa shape index (κ2) is 6.42. The Morgan fingerprint density at radius 3 is 2.57 bits per heavy atom. The van der Waals surface area contributed by atoms with Crippen LogP contribution in [-0.2, 0) is 4.79 Å². The number of nitrogens with one attached hydrogen (secondary N) is 1. The third kappa shape index (κ3) is 3.71. The number of amides is 1. The minimum Gasteiger partial charge on any atom is -0.464 e. The van der Waals surface area contributed by atoms with Crippen LogP contribution in [0.1, 0.15) is 16.7 Å². The Bertz CT molecular complexity index is 817. The lowest BCUT2D eigenvalue weighted by Gasteiger charge is -2.08. The molecule has 1 aliphatic heterocycles. The third-order valence-electron chi connectivity index (χ3n) is 3.47. The third-order valence-corrected chi connectivity index (χ3v) is 3.96. The summed E-state index contributed by atoms with van der Waals surface area (Å²) in [5.74, 6) is 0.557. The molecule has 2 aromatic rings. The van der Waals surface area contributed by atoms with E-state index in [2.05, 4.69) is 27.3 Å². The van der Waals surface area contributed by atoms with Crippen LogP contribution in [0.2, 0.25) is 0 Å². The average Bonchev–Trinajstić information content (AvgIpc) is 2.67. The maximum absolute atomic E-state index is 12.5. The van der Waals surface area contributed by atoms with Gasteiger partial charge >= 0.3 is 0 Å². The molecule has 116 valence electrons. The molecule has 0 saturated heterocycles. The van der Waals surface area contributed by atoms with Gasteiger partial charge in [-0.1, -0.05) is 22.0 Å². The first kappa shape index (κ1) is 15.6. The number of ether oxygens (including phenoxy) is 1. The van der Waals surface area contributed by atoms with Crippen LogP contribution in [0, 0.1) is 13.8 Å². The van der Waals surface area contributed by atoms with Crippen molar-refractivity contribution >= 4 is 33.6 Å². The molecule has 1 aliphatic rings. The van der Waals surface area contributed by atoms with Crippen LogP contribution in [0.3, 0.4) is 0 Å². The Kier molecular flexibility index (Phi) is 4.35. The fourth-order valence-corrected chi connectivity index (χ4v) is 2.91. The highest BCUT2D eigenvalue weighted by Gasteiger charge is 2.13. The molecule has 0 unspecified atom stereocenters. The highest BCUT2D eigenvalue weighted by Crippen LogP contribution is 2.28. The van der Waals surface area contributed by atoms with Crippen LogP contribution in [0.15, 0.2) is 58.8 Å². The van der Waals surface area contributed by atoms with Crippen LogP contribution in [0.25, 0.3) is 6.08 Å². The van der Waals surface area contributed by atoms with Crippen molar-refractivity contribution in [2.24, 2.45) is 0 Å². The van der Waals surface area contributed by atoms with E-state index >= 15 is 0 Å². The van der Waals surface area contributed by atoms with Crippen LogP contribution in [-0.4, -0.2) is 5.91 Å². The molecular weight excluding hydrogens is 354 g/mol. The van der Waals surface area contributed by atoms with E-state index in [0.717, 1.165) is 32.6 Å². The van der Waals surface area contributed by atoms with E-state index < -0.39 is 0 Å². The molecule has 0 atom stereocenters. The number of carbonyl (C=O) groups is 1. The van der Waals surface area contributed by atoms with Gasteiger partial charge in [0.15, 0.2) is 0 Å². The van der Waals surface area contributed by atoms with Crippen molar-refractivity contribution in [1.29, 1.82) is 0 Å². The second-order valence-corrected chi connectivity index (χ2v) is 6.45. The number of fused-ring (bicyclic) bond motifs is 1. The molecule has 0 saturated carbocycles. The van der Waals surface area contributed by atoms with Crippen LogP contribution in [0.5, 0.6) is 5.75 Å². The Balaban J connectivity index is 1.89. The number of halogens is 1. The molecule has 1 heterocycles. The molecule has 4 heteroatoms. The van der Waals surface area contributed by atoms with E-state index in [9.17, 15) is 4.79 Å². The summed E-state index contributed by atoms with van der Waals surface area (Å²) >= 11 is 3.44. The highest BCUT2D eigenvalue weighted by atomic mass is 79.9. The van der Waals surface area contributed by atoms with E-state index in [4.69, 9.17) is 4.74 Å². The summed E-state index contributed by atoms with van der Waals surface area (Å²) in [6.07, 6.45) is 5.03. The van der Waals surface area contributed by atoms with Crippen molar-refractivity contribution in [2.75, 3.05) is 5.32 Å². The quantitative estimate of drug-likeness (QED) is 0.809. The van der Waals surface area contributed by atoms with Gasteiger partial charge in [0.05, 0.1) is 6.26 Å². The highest BCUT2D eigenvalue weighted by molar-refractivity contribution is 9.10. The lowest BCUT2D eigenvalue weighted by Crippen LogP contribution is -2.13. The molecule has 23 heavy (non-hydrogen) atoms. The maximum Gasteiger partial charge on any atom is 0.255 e. The number of carbonyl (C=O) groups excluding carboxylic acids is 1. The number of hydrogen-bond donors (Lipinski definition) is 1. The number of hydrogen-bond acceptors (Lipinski definition) is 2. The van der Waals surface area contributed by atoms with Crippen molar-refractivity contribution in [3.05, 3.63) is 75.5 Å². The van der Waals surface area contributed by atoms with Crippen molar-refractivity contribution in [3.8, 4) is 5.75 Å². The largest absolute Gasteiger partial charge is 0.464 e. The zero-order valence-electron chi connectivity index (χ0n) is 12.9. The number of rotatable bonds is 2. The summed E-state index contributed by atoms with van der Waals surface area (Å²) < 4.78 is 6.48. The van der Waals surface area contributed by atoms with Crippen molar-refractivity contribution in [2.45, 2.75) is 13.8 Å². The van der Waals surface area contributed by atoms with Crippen molar-refractivity contribution < 1.29 is 9.53 Å². The second-order valence-electron chi connectivity index (χ2n) is 5.53. The molecule has 1 N–H and O–H groups in total. The fraction of sp³-hybridized carbons (Fsp3) is 0.105. The van der Waals surface area contributed by atoms with Crippen molar-refractivity contribution in [3.63, 3.8) is 0 Å². The van der Waals surface area contributed by atoms with Crippen LogP contribution >= 0.6 is 15.9 Å². The number of aryl methyl sites for hydroxylation is 2. The van der Waals surface area contributed by atoms with E-state index in [1.807, 2.05) is 50.3 Å². The van der Waals surface area contributed by atoms with Gasteiger partial charge < -0.3 is 10.1 Å². The lowest BCUT2D eigenvalue weighted by atomic mass is 10.1. The van der Waals surface area contributed by atoms with Crippen LogP contribution in [0.4, 0.5) is 5.69 Å². The molecule has 2 aromatic carbocycles. The Labute approximate surface area is 143 Å². The van der Waals surface area contributed by atoms with E-state index in [-0.39, 0.29) is 5.91 Å². The van der Waals surface area contributed by atoms with Crippen molar-refractivity contribution in [1.82, 2.24) is 0 Å². The zero-order valence-corrected chi connectivity index (χ0v) is 14.5. The first-order valence-corrected chi connectivity index (χ1v) is 8.05. The first-order valence-electron chi connectivity index (χ1n) is 7.25. The van der Waals surface area contributed by atoms with Gasteiger partial charge in [-0.25, -0.2) is 0 Å². The van der Waals surface area contributed by atoms with Gasteiger partial charge in [0.2, 0.25) is 0 Å². The fourth-order valence-electron chi connectivity index (χ4n) is 2.53. The summed E-state index contributed by atoms with van der Waals surface area (Å²) in [5.41, 5.74) is 4.42. The number of anilines is 1. The topological polar surface area (TPSA) is 38.3 Å². The summed E-state index contributed by atoms with van der Waals surface area (Å²) in [7, 11) is 0. The Hall–Kier alpha value is -2.33. The normalized spacial score (nSPS) is 12.7. The molecule has 0 spiro atoms. The van der Waals surface area contributed by atoms with Gasteiger partial charge in [-0.15, -0.1) is 0 Å². The molecule has 0 fully saturated rings. The van der Waals surface area contributed by atoms with Gasteiger partial charge in [0, 0.05) is 21.3 Å². The minimum absolute atomic E-state index is 0.164. The van der Waals surface area contributed by atoms with Gasteiger partial charge in [-0.05, 0) is 67.5 Å². The predicted molar refractivity (Wildman–Crippen MR) is 96.4 cm³/mol. The maximum atomic E-state index is 12.5. The molecule has 3 nitrogen and oxygen atoms in total. The molecule has 1 amide bonds. The molecule has 0 radical (unpaired) electrons. The number of benzene rings is 2. The predicted octanol–water partition coefficient (Wildman–Crippen LogP) is 4.99. The molecular formula is C19H16BrNO2. The first-order chi connectivity index (χ1) is 11.0. The van der Waals surface area contributed by atoms with E-state index in [1.54, 1.807) is 6.08 Å². The molecule has 0 aromatic heterocycles. The summed E-state index contributed by atoms with van der Waals surface area (Å²) in [4.78, 5) is 12.5. The molecule has 0 bridgehead atoms. The lowest BCUT2D eigenvalue weighted by molar-refractivity contribution is -0.112. The monoisotopic (exact) mass is 369 g/mol. The van der Waals surface area contributed by atoms with E-state index in [1.165, 1.54) is 6.26 Å². The smallest absolute Gasteiger partial charge is 0.255 e. The summed E-state index contributed by atoms with van der Waals surface area (Å²) in [6.45, 7) is 4.02. The SMILES string of the molecule is Cc1cc(C)cc(NC(=O)C2=Cc3cc(Br)ccc3OC=C2)c1. The summed E-state index contributed by atoms with van der Waals surface area (Å²) in [6, 6.07) is 11.7. The zero-order chi connectivity index (χ0) is 16.4. The van der Waals surface area contributed by atoms with Gasteiger partial charge in [0.1, 0.15) is 5.75 Å². The van der Waals surface area contributed by atoms with Gasteiger partial charge in [-0.2, -0.15) is 0 Å². The Morgan fingerprint density at radius 2 is 1.83 bits per heavy atom. The molecule has 3 rings (SSSR count). The Morgan fingerprint density at radius 1 is 1.09 bits per heavy atom. The minimum atomic E-state index is -0.164. The standard InChI is InChI=1S/C19H16BrNO2/c1-12-7-13(2)9-17(8-12)21-19(22)14-5-6-23-18-4-3-16(20)11-15(18)10-14/h3-11H,1-2H3,(H,21,22). The van der Waals surface area contributed by atoms with E-state index in [0.29, 0.717) is 5.57 Å². The van der Waals surface area contributed by atoms with Gasteiger partial charge in [0.25, 0.3) is 5.91 Å². The van der Waals surface area contributed by atoms with Gasteiger partial charge in [-0.3, -0.25) is 4.79 Å². The molecule has 0 aliphatic carbocycles.